The second-order valence-corrected chi connectivity index (χ2v) is 8.34. The zero-order chi connectivity index (χ0) is 21.9. The smallest absolute Gasteiger partial charge is 0.261 e. The highest BCUT2D eigenvalue weighted by Crippen LogP contribution is 2.23. The summed E-state index contributed by atoms with van der Waals surface area (Å²) in [6, 6.07) is 11.1. The molecule has 2 amide bonds. The minimum atomic E-state index is -0.172. The van der Waals surface area contributed by atoms with Gasteiger partial charge in [0, 0.05) is 45.8 Å². The summed E-state index contributed by atoms with van der Waals surface area (Å²) in [5.41, 5.74) is 1.04. The average molecular weight is 437 g/mol. The molecule has 0 atom stereocenters. The molecule has 2 fully saturated rings. The Labute approximate surface area is 187 Å². The molecule has 0 aliphatic carbocycles. The van der Waals surface area contributed by atoms with Crippen molar-refractivity contribution in [3.05, 3.63) is 47.5 Å². The van der Waals surface area contributed by atoms with Gasteiger partial charge in [-0.05, 0) is 37.2 Å². The van der Waals surface area contributed by atoms with E-state index < -0.39 is 0 Å². The van der Waals surface area contributed by atoms with Gasteiger partial charge < -0.3 is 14.5 Å². The Kier molecular flexibility index (Phi) is 6.00. The lowest BCUT2D eigenvalue weighted by atomic mass is 10.1. The molecular weight excluding hydrogens is 408 g/mol. The summed E-state index contributed by atoms with van der Waals surface area (Å²) in [5.74, 6) is 1.47. The normalized spacial score (nSPS) is 19.6. The number of rotatable bonds is 6. The lowest BCUT2D eigenvalue weighted by Gasteiger charge is -2.35. The molecule has 168 valence electrons. The van der Waals surface area contributed by atoms with Crippen molar-refractivity contribution in [3.8, 4) is 0 Å². The van der Waals surface area contributed by atoms with Crippen LogP contribution >= 0.6 is 0 Å². The highest BCUT2D eigenvalue weighted by atomic mass is 16.5. The number of aromatic nitrogens is 2. The summed E-state index contributed by atoms with van der Waals surface area (Å²) in [5, 5.41) is 8.86. The number of ether oxygens (including phenoxy) is 1. The lowest BCUT2D eigenvalue weighted by Crippen LogP contribution is -2.47. The van der Waals surface area contributed by atoms with E-state index in [2.05, 4.69) is 31.0 Å². The molecule has 32 heavy (non-hydrogen) atoms. The maximum absolute atomic E-state index is 12.5. The van der Waals surface area contributed by atoms with Crippen LogP contribution in [-0.4, -0.2) is 97.4 Å². The molecule has 3 aliphatic heterocycles. The topological polar surface area (TPSA) is 82.1 Å². The highest BCUT2D eigenvalue weighted by molar-refractivity contribution is 6.21. The van der Waals surface area contributed by atoms with Gasteiger partial charge in [0.2, 0.25) is 0 Å². The maximum Gasteiger partial charge on any atom is 0.261 e. The third-order valence-electron chi connectivity index (χ3n) is 6.40. The minimum absolute atomic E-state index is 0.172. The van der Waals surface area contributed by atoms with Gasteiger partial charge in [-0.25, -0.2) is 0 Å². The van der Waals surface area contributed by atoms with Crippen LogP contribution in [0.4, 0.5) is 11.6 Å². The average Bonchev–Trinajstić information content (AvgIpc) is 3.10. The quantitative estimate of drug-likeness (QED) is 0.624. The second-order valence-electron chi connectivity index (χ2n) is 8.34. The van der Waals surface area contributed by atoms with Crippen molar-refractivity contribution in [2.24, 2.45) is 0 Å². The second kappa shape index (κ2) is 9.22. The predicted octanol–water partition coefficient (Wildman–Crippen LogP) is 1.12. The van der Waals surface area contributed by atoms with Gasteiger partial charge in [0.25, 0.3) is 11.8 Å². The fourth-order valence-electron chi connectivity index (χ4n) is 4.54. The molecule has 0 radical (unpaired) electrons. The maximum atomic E-state index is 12.5. The van der Waals surface area contributed by atoms with Crippen molar-refractivity contribution in [2.45, 2.75) is 6.42 Å². The van der Waals surface area contributed by atoms with E-state index in [0.717, 1.165) is 77.1 Å². The Morgan fingerprint density at radius 1 is 0.719 bits per heavy atom. The molecule has 0 saturated carbocycles. The number of nitrogens with zero attached hydrogens (tertiary/aromatic N) is 6. The molecule has 0 unspecified atom stereocenters. The summed E-state index contributed by atoms with van der Waals surface area (Å²) in [6.07, 6.45) is 0.777. The zero-order valence-electron chi connectivity index (χ0n) is 18.2. The van der Waals surface area contributed by atoms with Gasteiger partial charge in [0.05, 0.1) is 24.3 Å². The van der Waals surface area contributed by atoms with Crippen molar-refractivity contribution in [2.75, 3.05) is 75.4 Å². The monoisotopic (exact) mass is 436 g/mol. The first-order valence-corrected chi connectivity index (χ1v) is 11.3. The molecule has 0 N–H and O–H groups in total. The molecule has 9 nitrogen and oxygen atoms in total. The van der Waals surface area contributed by atoms with Gasteiger partial charge in [-0.3, -0.25) is 19.4 Å². The van der Waals surface area contributed by atoms with Gasteiger partial charge in [0.15, 0.2) is 11.6 Å². The number of anilines is 2. The standard InChI is InChI=1S/C23H28N6O3/c30-22-18-4-1-2-5-19(18)23(31)29(22)9-3-8-26-10-12-27(13-11-26)20-6-7-21(25-24-20)28-14-16-32-17-15-28/h1-2,4-7H,3,8-17H2. The van der Waals surface area contributed by atoms with Gasteiger partial charge in [-0.2, -0.15) is 0 Å². The summed E-state index contributed by atoms with van der Waals surface area (Å²) >= 11 is 0. The van der Waals surface area contributed by atoms with E-state index >= 15 is 0 Å². The van der Waals surface area contributed by atoms with Crippen LogP contribution in [0.3, 0.4) is 0 Å². The lowest BCUT2D eigenvalue weighted by molar-refractivity contribution is 0.0647. The Morgan fingerprint density at radius 3 is 1.84 bits per heavy atom. The first-order valence-electron chi connectivity index (χ1n) is 11.3. The number of hydrogen-bond acceptors (Lipinski definition) is 8. The number of carbonyl (C=O) groups is 2. The van der Waals surface area contributed by atoms with E-state index in [-0.39, 0.29) is 11.8 Å². The van der Waals surface area contributed by atoms with Crippen LogP contribution in [0.1, 0.15) is 27.1 Å². The molecule has 0 spiro atoms. The number of amides is 2. The van der Waals surface area contributed by atoms with Crippen LogP contribution in [0, 0.1) is 0 Å². The minimum Gasteiger partial charge on any atom is -0.378 e. The van der Waals surface area contributed by atoms with E-state index in [9.17, 15) is 9.59 Å². The molecule has 4 heterocycles. The van der Waals surface area contributed by atoms with Crippen LogP contribution < -0.4 is 9.80 Å². The molecule has 9 heteroatoms. The van der Waals surface area contributed by atoms with Crippen LogP contribution in [0.25, 0.3) is 0 Å². The van der Waals surface area contributed by atoms with E-state index in [4.69, 9.17) is 4.74 Å². The number of fused-ring (bicyclic) bond motifs is 1. The van der Waals surface area contributed by atoms with Crippen LogP contribution in [0.2, 0.25) is 0 Å². The van der Waals surface area contributed by atoms with Crippen molar-refractivity contribution < 1.29 is 14.3 Å². The van der Waals surface area contributed by atoms with E-state index in [1.165, 1.54) is 4.90 Å². The summed E-state index contributed by atoms with van der Waals surface area (Å²) in [6.45, 7) is 8.13. The number of morpholine rings is 1. The first-order chi connectivity index (χ1) is 15.7. The van der Waals surface area contributed by atoms with Gasteiger partial charge in [-0.1, -0.05) is 12.1 Å². The summed E-state index contributed by atoms with van der Waals surface area (Å²) < 4.78 is 5.39. The number of carbonyl (C=O) groups excluding carboxylic acids is 2. The number of piperazine rings is 1. The molecule has 1 aromatic heterocycles. The summed E-state index contributed by atoms with van der Waals surface area (Å²) in [7, 11) is 0. The SMILES string of the molecule is O=C1c2ccccc2C(=O)N1CCCN1CCN(c2ccc(N3CCOCC3)nn2)CC1. The molecule has 2 saturated heterocycles. The highest BCUT2D eigenvalue weighted by Gasteiger charge is 2.34. The molecule has 1 aromatic carbocycles. The third-order valence-corrected chi connectivity index (χ3v) is 6.40. The van der Waals surface area contributed by atoms with E-state index in [1.54, 1.807) is 24.3 Å². The Morgan fingerprint density at radius 2 is 1.28 bits per heavy atom. The van der Waals surface area contributed by atoms with Crippen molar-refractivity contribution >= 4 is 23.5 Å². The molecule has 2 aromatic rings. The summed E-state index contributed by atoms with van der Waals surface area (Å²) in [4.78, 5) is 33.2. The predicted molar refractivity (Wildman–Crippen MR) is 120 cm³/mol. The van der Waals surface area contributed by atoms with E-state index in [1.807, 2.05) is 6.07 Å². The molecule has 0 bridgehead atoms. The molecule has 5 rings (SSSR count). The fourth-order valence-corrected chi connectivity index (χ4v) is 4.54. The van der Waals surface area contributed by atoms with Crippen LogP contribution in [0.5, 0.6) is 0 Å². The Hall–Kier alpha value is -3.04. The largest absolute Gasteiger partial charge is 0.378 e. The number of hydrogen-bond donors (Lipinski definition) is 0. The fraction of sp³-hybridized carbons (Fsp3) is 0.478. The molecule has 3 aliphatic rings. The van der Waals surface area contributed by atoms with Crippen LogP contribution in [-0.2, 0) is 4.74 Å². The Bertz CT molecular complexity index is 933. The zero-order valence-corrected chi connectivity index (χ0v) is 18.2. The van der Waals surface area contributed by atoms with E-state index in [0.29, 0.717) is 17.7 Å². The Balaban J connectivity index is 1.07. The van der Waals surface area contributed by atoms with Crippen molar-refractivity contribution in [1.82, 2.24) is 20.0 Å². The van der Waals surface area contributed by atoms with Gasteiger partial charge >= 0.3 is 0 Å². The number of imide groups is 1. The van der Waals surface area contributed by atoms with Crippen molar-refractivity contribution in [1.29, 1.82) is 0 Å². The third kappa shape index (κ3) is 4.18. The van der Waals surface area contributed by atoms with Gasteiger partial charge in [-0.15, -0.1) is 10.2 Å². The molecular formula is C23H28N6O3. The van der Waals surface area contributed by atoms with Crippen LogP contribution in [0.15, 0.2) is 36.4 Å². The van der Waals surface area contributed by atoms with Crippen molar-refractivity contribution in [3.63, 3.8) is 0 Å². The first kappa shape index (κ1) is 20.8. The number of benzene rings is 1. The van der Waals surface area contributed by atoms with Gasteiger partial charge in [0.1, 0.15) is 0 Å².